The van der Waals surface area contributed by atoms with Gasteiger partial charge < -0.3 is 10.0 Å². The van der Waals surface area contributed by atoms with Crippen LogP contribution in [0.1, 0.15) is 25.1 Å². The number of aromatic nitrogens is 1. The van der Waals surface area contributed by atoms with E-state index in [1.165, 1.54) is 0 Å². The van der Waals surface area contributed by atoms with Crippen molar-refractivity contribution in [3.05, 3.63) is 54.4 Å². The molecule has 3 heteroatoms. The van der Waals surface area contributed by atoms with Gasteiger partial charge in [-0.1, -0.05) is 25.1 Å². The first-order valence-corrected chi connectivity index (χ1v) is 6.15. The van der Waals surface area contributed by atoms with Gasteiger partial charge in [-0.3, -0.25) is 4.98 Å². The molecule has 0 spiro atoms. The third kappa shape index (κ3) is 2.68. The Balaban J connectivity index is 2.19. The molecule has 0 saturated carbocycles. The van der Waals surface area contributed by atoms with Crippen LogP contribution < -0.4 is 4.90 Å². The van der Waals surface area contributed by atoms with Crippen molar-refractivity contribution in [1.29, 1.82) is 0 Å². The van der Waals surface area contributed by atoms with Crippen molar-refractivity contribution in [2.45, 2.75) is 19.4 Å². The van der Waals surface area contributed by atoms with Crippen LogP contribution in [0.5, 0.6) is 0 Å². The van der Waals surface area contributed by atoms with Crippen LogP contribution in [-0.4, -0.2) is 17.1 Å². The van der Waals surface area contributed by atoms with Gasteiger partial charge in [0.1, 0.15) is 0 Å². The minimum absolute atomic E-state index is 0.471. The lowest BCUT2D eigenvalue weighted by molar-refractivity contribution is 0.169. The summed E-state index contributed by atoms with van der Waals surface area (Å²) in [7, 11) is 2.00. The number of hydrogen-bond donors (Lipinski definition) is 1. The van der Waals surface area contributed by atoms with Crippen molar-refractivity contribution in [3.8, 4) is 0 Å². The lowest BCUT2D eigenvalue weighted by Crippen LogP contribution is -2.10. The van der Waals surface area contributed by atoms with E-state index in [2.05, 4.69) is 22.0 Å². The number of para-hydroxylation sites is 1. The molecule has 1 unspecified atom stereocenters. The molecule has 1 atom stereocenters. The number of hydrogen-bond acceptors (Lipinski definition) is 3. The molecule has 1 heterocycles. The smallest absolute Gasteiger partial charge is 0.0957 e. The van der Waals surface area contributed by atoms with Crippen molar-refractivity contribution in [3.63, 3.8) is 0 Å². The van der Waals surface area contributed by atoms with Gasteiger partial charge in [-0.2, -0.15) is 0 Å². The van der Waals surface area contributed by atoms with Gasteiger partial charge in [0.2, 0.25) is 0 Å². The predicted molar refractivity (Wildman–Crippen MR) is 74.0 cm³/mol. The molecule has 1 aromatic carbocycles. The maximum Gasteiger partial charge on any atom is 0.0957 e. The molecule has 3 nitrogen and oxygen atoms in total. The van der Waals surface area contributed by atoms with E-state index in [-0.39, 0.29) is 0 Å². The summed E-state index contributed by atoms with van der Waals surface area (Å²) in [6, 6.07) is 14.0. The Morgan fingerprint density at radius 1 is 1.11 bits per heavy atom. The van der Waals surface area contributed by atoms with Crippen LogP contribution >= 0.6 is 0 Å². The Labute approximate surface area is 108 Å². The van der Waals surface area contributed by atoms with Gasteiger partial charge in [-0.15, -0.1) is 0 Å². The number of nitrogens with zero attached hydrogens (tertiary/aromatic N) is 2. The lowest BCUT2D eigenvalue weighted by Gasteiger charge is -2.19. The molecule has 0 aliphatic rings. The highest BCUT2D eigenvalue weighted by molar-refractivity contribution is 5.61. The summed E-state index contributed by atoms with van der Waals surface area (Å²) in [6.07, 6.45) is 2.00. The van der Waals surface area contributed by atoms with E-state index < -0.39 is 6.10 Å². The standard InChI is InChI=1S/C15H18N2O/c1-3-15(18)14-10-9-13(11-16-14)17(2)12-7-5-4-6-8-12/h4-11,15,18H,3H2,1-2H3. The maximum absolute atomic E-state index is 9.70. The zero-order valence-corrected chi connectivity index (χ0v) is 10.7. The first kappa shape index (κ1) is 12.6. The van der Waals surface area contributed by atoms with Crippen molar-refractivity contribution in [1.82, 2.24) is 4.98 Å². The molecule has 2 aromatic rings. The molecular formula is C15H18N2O. The summed E-state index contributed by atoms with van der Waals surface area (Å²) < 4.78 is 0. The summed E-state index contributed by atoms with van der Waals surface area (Å²) in [6.45, 7) is 1.94. The van der Waals surface area contributed by atoms with E-state index in [0.717, 1.165) is 17.1 Å². The third-order valence-corrected chi connectivity index (χ3v) is 3.03. The summed E-state index contributed by atoms with van der Waals surface area (Å²) >= 11 is 0. The Kier molecular flexibility index (Phi) is 3.95. The number of rotatable bonds is 4. The van der Waals surface area contributed by atoms with Gasteiger partial charge in [0.25, 0.3) is 0 Å². The maximum atomic E-state index is 9.70. The quantitative estimate of drug-likeness (QED) is 0.893. The highest BCUT2D eigenvalue weighted by atomic mass is 16.3. The molecule has 0 saturated heterocycles. The summed E-state index contributed by atoms with van der Waals surface area (Å²) in [5, 5.41) is 9.70. The topological polar surface area (TPSA) is 36.4 Å². The number of aliphatic hydroxyl groups excluding tert-OH is 1. The first-order chi connectivity index (χ1) is 8.72. The average Bonchev–Trinajstić information content (AvgIpc) is 2.47. The van der Waals surface area contributed by atoms with E-state index in [0.29, 0.717) is 6.42 Å². The second kappa shape index (κ2) is 5.65. The molecular weight excluding hydrogens is 224 g/mol. The molecule has 1 N–H and O–H groups in total. The molecule has 2 rings (SSSR count). The summed E-state index contributed by atoms with van der Waals surface area (Å²) in [4.78, 5) is 6.37. The second-order valence-corrected chi connectivity index (χ2v) is 4.26. The van der Waals surface area contributed by atoms with E-state index in [9.17, 15) is 5.11 Å². The fourth-order valence-corrected chi connectivity index (χ4v) is 1.80. The lowest BCUT2D eigenvalue weighted by atomic mass is 10.2. The zero-order chi connectivity index (χ0) is 13.0. The van der Waals surface area contributed by atoms with E-state index in [1.807, 2.05) is 44.3 Å². The van der Waals surface area contributed by atoms with Crippen molar-refractivity contribution >= 4 is 11.4 Å². The fourth-order valence-electron chi connectivity index (χ4n) is 1.80. The van der Waals surface area contributed by atoms with Gasteiger partial charge in [-0.05, 0) is 30.7 Å². The van der Waals surface area contributed by atoms with Crippen molar-refractivity contribution in [2.24, 2.45) is 0 Å². The van der Waals surface area contributed by atoms with Crippen LogP contribution in [0.4, 0.5) is 11.4 Å². The minimum atomic E-state index is -0.471. The molecule has 18 heavy (non-hydrogen) atoms. The number of pyridine rings is 1. The first-order valence-electron chi connectivity index (χ1n) is 6.15. The van der Waals surface area contributed by atoms with E-state index in [1.54, 1.807) is 6.20 Å². The van der Waals surface area contributed by atoms with Crippen LogP contribution in [0.25, 0.3) is 0 Å². The molecule has 94 valence electrons. The van der Waals surface area contributed by atoms with Gasteiger partial charge in [0.15, 0.2) is 0 Å². The third-order valence-electron chi connectivity index (χ3n) is 3.03. The van der Waals surface area contributed by atoms with Gasteiger partial charge >= 0.3 is 0 Å². The molecule has 0 aliphatic heterocycles. The predicted octanol–water partition coefficient (Wildman–Crippen LogP) is 3.29. The van der Waals surface area contributed by atoms with Gasteiger partial charge in [0.05, 0.1) is 23.7 Å². The monoisotopic (exact) mass is 242 g/mol. The Morgan fingerprint density at radius 2 is 1.83 bits per heavy atom. The highest BCUT2D eigenvalue weighted by Crippen LogP contribution is 2.23. The average molecular weight is 242 g/mol. The van der Waals surface area contributed by atoms with Crippen LogP contribution in [0.3, 0.4) is 0 Å². The minimum Gasteiger partial charge on any atom is -0.387 e. The Hall–Kier alpha value is -1.87. The number of aliphatic hydroxyl groups is 1. The summed E-state index contributed by atoms with van der Waals surface area (Å²) in [5.41, 5.74) is 2.85. The largest absolute Gasteiger partial charge is 0.387 e. The number of benzene rings is 1. The molecule has 0 bridgehead atoms. The molecule has 0 aliphatic carbocycles. The zero-order valence-electron chi connectivity index (χ0n) is 10.7. The second-order valence-electron chi connectivity index (χ2n) is 4.26. The molecule has 0 fully saturated rings. The normalized spacial score (nSPS) is 12.2. The molecule has 0 amide bonds. The molecule has 1 aromatic heterocycles. The highest BCUT2D eigenvalue weighted by Gasteiger charge is 2.08. The van der Waals surface area contributed by atoms with E-state index in [4.69, 9.17) is 0 Å². The van der Waals surface area contributed by atoms with Crippen LogP contribution in [0, 0.1) is 0 Å². The molecule has 0 radical (unpaired) electrons. The SMILES string of the molecule is CCC(O)c1ccc(N(C)c2ccccc2)cn1. The van der Waals surface area contributed by atoms with Gasteiger partial charge in [-0.25, -0.2) is 0 Å². The van der Waals surface area contributed by atoms with Crippen LogP contribution in [-0.2, 0) is 0 Å². The number of anilines is 2. The van der Waals surface area contributed by atoms with Crippen molar-refractivity contribution < 1.29 is 5.11 Å². The fraction of sp³-hybridized carbons (Fsp3) is 0.267. The van der Waals surface area contributed by atoms with Crippen molar-refractivity contribution in [2.75, 3.05) is 11.9 Å². The Morgan fingerprint density at radius 3 is 2.39 bits per heavy atom. The van der Waals surface area contributed by atoms with E-state index >= 15 is 0 Å². The van der Waals surface area contributed by atoms with Crippen LogP contribution in [0.2, 0.25) is 0 Å². The Bertz CT molecular complexity index is 482. The summed E-state index contributed by atoms with van der Waals surface area (Å²) in [5.74, 6) is 0. The van der Waals surface area contributed by atoms with Crippen LogP contribution in [0.15, 0.2) is 48.7 Å². The van der Waals surface area contributed by atoms with Gasteiger partial charge in [0, 0.05) is 12.7 Å².